The highest BCUT2D eigenvalue weighted by Crippen LogP contribution is 1.94. The molecular weight excluding hydrogens is 98.1 g/mol. The average Bonchev–Trinajstić information content (AvgIpc) is 1.83. The van der Waals surface area contributed by atoms with Crippen LogP contribution < -0.4 is 0 Å². The Labute approximate surface area is 51.8 Å². The fourth-order valence-electron chi connectivity index (χ4n) is 0.735. The lowest BCUT2D eigenvalue weighted by molar-refractivity contribution is 0.962. The summed E-state index contributed by atoms with van der Waals surface area (Å²) >= 11 is 0. The number of rotatable bonds is 3. The molecule has 48 valence electrons. The fourth-order valence-corrected chi connectivity index (χ4v) is 0.735. The zero-order chi connectivity index (χ0) is 6.41. The Balaban J connectivity index is 3.38. The molecule has 0 aromatic heterocycles. The highest BCUT2D eigenvalue weighted by molar-refractivity contribution is 5.83. The van der Waals surface area contributed by atoms with Gasteiger partial charge in [0.1, 0.15) is 0 Å². The Morgan fingerprint density at radius 2 is 2.00 bits per heavy atom. The first-order valence-electron chi connectivity index (χ1n) is 3.29. The van der Waals surface area contributed by atoms with Gasteiger partial charge in [-0.05, 0) is 12.8 Å². The molecule has 0 saturated carbocycles. The van der Waals surface area contributed by atoms with Crippen LogP contribution in [0.3, 0.4) is 0 Å². The van der Waals surface area contributed by atoms with Gasteiger partial charge in [-0.25, -0.2) is 0 Å². The van der Waals surface area contributed by atoms with Crippen LogP contribution in [0.15, 0.2) is 4.99 Å². The summed E-state index contributed by atoms with van der Waals surface area (Å²) in [6, 6.07) is 0. The molecule has 1 heteroatoms. The SMILES string of the molecule is CCC/C(CC)=N\C. The third-order valence-corrected chi connectivity index (χ3v) is 1.26. The van der Waals surface area contributed by atoms with Gasteiger partial charge in [0.25, 0.3) is 0 Å². The third-order valence-electron chi connectivity index (χ3n) is 1.26. The van der Waals surface area contributed by atoms with E-state index in [0.717, 1.165) is 6.42 Å². The van der Waals surface area contributed by atoms with Crippen molar-refractivity contribution in [2.75, 3.05) is 7.05 Å². The highest BCUT2D eigenvalue weighted by atomic mass is 14.7. The normalized spacial score (nSPS) is 12.1. The van der Waals surface area contributed by atoms with Crippen LogP contribution in [0.1, 0.15) is 33.1 Å². The molecular formula is C7H15N. The molecule has 0 N–H and O–H groups in total. The summed E-state index contributed by atoms with van der Waals surface area (Å²) in [6.45, 7) is 4.33. The molecule has 0 rings (SSSR count). The zero-order valence-electron chi connectivity index (χ0n) is 6.07. The Kier molecular flexibility index (Phi) is 4.62. The van der Waals surface area contributed by atoms with Crippen molar-refractivity contribution in [3.63, 3.8) is 0 Å². The van der Waals surface area contributed by atoms with Gasteiger partial charge in [-0.2, -0.15) is 0 Å². The van der Waals surface area contributed by atoms with Crippen LogP contribution in [-0.2, 0) is 0 Å². The summed E-state index contributed by atoms with van der Waals surface area (Å²) in [4.78, 5) is 4.11. The molecule has 0 spiro atoms. The zero-order valence-corrected chi connectivity index (χ0v) is 6.07. The van der Waals surface area contributed by atoms with Gasteiger partial charge >= 0.3 is 0 Å². The van der Waals surface area contributed by atoms with Crippen LogP contribution in [0.25, 0.3) is 0 Å². The summed E-state index contributed by atoms with van der Waals surface area (Å²) < 4.78 is 0. The Morgan fingerprint density at radius 3 is 2.12 bits per heavy atom. The van der Waals surface area contributed by atoms with Crippen molar-refractivity contribution < 1.29 is 0 Å². The molecule has 0 unspecified atom stereocenters. The minimum absolute atomic E-state index is 1.12. The van der Waals surface area contributed by atoms with Crippen LogP contribution in [0.4, 0.5) is 0 Å². The van der Waals surface area contributed by atoms with Gasteiger partial charge in [0.15, 0.2) is 0 Å². The fraction of sp³-hybridized carbons (Fsp3) is 0.857. The van der Waals surface area contributed by atoms with Crippen molar-refractivity contribution in [2.45, 2.75) is 33.1 Å². The molecule has 0 heterocycles. The third kappa shape index (κ3) is 2.78. The van der Waals surface area contributed by atoms with Crippen molar-refractivity contribution in [2.24, 2.45) is 4.99 Å². The molecule has 0 radical (unpaired) electrons. The van der Waals surface area contributed by atoms with Crippen LogP contribution >= 0.6 is 0 Å². The molecule has 0 aromatic rings. The van der Waals surface area contributed by atoms with E-state index in [0.29, 0.717) is 0 Å². The number of hydrogen-bond donors (Lipinski definition) is 0. The Hall–Kier alpha value is -0.330. The standard InChI is InChI=1S/C7H15N/c1-4-6-7(5-2)8-3/h4-6H2,1-3H3/b8-7-. The minimum atomic E-state index is 1.12. The molecule has 0 atom stereocenters. The minimum Gasteiger partial charge on any atom is -0.297 e. The second-order valence-corrected chi connectivity index (χ2v) is 1.89. The summed E-state index contributed by atoms with van der Waals surface area (Å²) in [5, 5.41) is 0. The first-order chi connectivity index (χ1) is 3.85. The maximum atomic E-state index is 4.11. The van der Waals surface area contributed by atoms with E-state index in [1.54, 1.807) is 0 Å². The lowest BCUT2D eigenvalue weighted by atomic mass is 10.2. The van der Waals surface area contributed by atoms with Crippen LogP contribution in [0.5, 0.6) is 0 Å². The summed E-state index contributed by atoms with van der Waals surface area (Å²) in [5.41, 5.74) is 1.34. The summed E-state index contributed by atoms with van der Waals surface area (Å²) in [5.74, 6) is 0. The molecule has 0 aliphatic heterocycles. The molecule has 1 nitrogen and oxygen atoms in total. The van der Waals surface area contributed by atoms with E-state index in [9.17, 15) is 0 Å². The van der Waals surface area contributed by atoms with Gasteiger partial charge in [-0.3, -0.25) is 4.99 Å². The molecule has 0 fully saturated rings. The molecule has 0 aliphatic carbocycles. The van der Waals surface area contributed by atoms with E-state index in [1.165, 1.54) is 18.6 Å². The smallest absolute Gasteiger partial charge is 0.0276 e. The van der Waals surface area contributed by atoms with Gasteiger partial charge in [-0.15, -0.1) is 0 Å². The van der Waals surface area contributed by atoms with Crippen molar-refractivity contribution in [3.05, 3.63) is 0 Å². The van der Waals surface area contributed by atoms with Gasteiger partial charge in [0.05, 0.1) is 0 Å². The van der Waals surface area contributed by atoms with Crippen LogP contribution in [0.2, 0.25) is 0 Å². The number of nitrogens with zero attached hydrogens (tertiary/aromatic N) is 1. The Morgan fingerprint density at radius 1 is 1.38 bits per heavy atom. The van der Waals surface area contributed by atoms with Crippen molar-refractivity contribution in [1.29, 1.82) is 0 Å². The molecule has 0 aromatic carbocycles. The van der Waals surface area contributed by atoms with Crippen molar-refractivity contribution in [3.8, 4) is 0 Å². The second kappa shape index (κ2) is 4.82. The van der Waals surface area contributed by atoms with E-state index in [2.05, 4.69) is 18.8 Å². The Bertz CT molecular complexity index is 74.5. The lowest BCUT2D eigenvalue weighted by Gasteiger charge is -1.95. The lowest BCUT2D eigenvalue weighted by Crippen LogP contribution is -1.93. The molecule has 0 saturated heterocycles. The molecule has 0 aliphatic rings. The summed E-state index contributed by atoms with van der Waals surface area (Å²) in [6.07, 6.45) is 3.51. The van der Waals surface area contributed by atoms with Crippen molar-refractivity contribution >= 4 is 5.71 Å². The van der Waals surface area contributed by atoms with E-state index in [4.69, 9.17) is 0 Å². The predicted molar refractivity (Wildman–Crippen MR) is 38.6 cm³/mol. The van der Waals surface area contributed by atoms with Crippen LogP contribution in [-0.4, -0.2) is 12.8 Å². The number of aliphatic imine (C=N–C) groups is 1. The molecule has 8 heavy (non-hydrogen) atoms. The van der Waals surface area contributed by atoms with Gasteiger partial charge < -0.3 is 0 Å². The van der Waals surface area contributed by atoms with E-state index < -0.39 is 0 Å². The first kappa shape index (κ1) is 7.67. The van der Waals surface area contributed by atoms with E-state index >= 15 is 0 Å². The highest BCUT2D eigenvalue weighted by Gasteiger charge is 1.88. The maximum absolute atomic E-state index is 4.11. The molecule has 0 bridgehead atoms. The molecule has 0 amide bonds. The first-order valence-corrected chi connectivity index (χ1v) is 3.29. The monoisotopic (exact) mass is 113 g/mol. The average molecular weight is 113 g/mol. The van der Waals surface area contributed by atoms with Gasteiger partial charge in [0.2, 0.25) is 0 Å². The topological polar surface area (TPSA) is 12.4 Å². The summed E-state index contributed by atoms with van der Waals surface area (Å²) in [7, 11) is 1.87. The van der Waals surface area contributed by atoms with E-state index in [-0.39, 0.29) is 0 Å². The predicted octanol–water partition coefficient (Wildman–Crippen LogP) is 2.27. The quantitative estimate of drug-likeness (QED) is 0.498. The second-order valence-electron chi connectivity index (χ2n) is 1.89. The van der Waals surface area contributed by atoms with E-state index in [1.807, 2.05) is 7.05 Å². The van der Waals surface area contributed by atoms with Crippen LogP contribution in [0, 0.1) is 0 Å². The largest absolute Gasteiger partial charge is 0.297 e. The van der Waals surface area contributed by atoms with Gasteiger partial charge in [-0.1, -0.05) is 20.3 Å². The number of hydrogen-bond acceptors (Lipinski definition) is 1. The van der Waals surface area contributed by atoms with Crippen molar-refractivity contribution in [1.82, 2.24) is 0 Å². The van der Waals surface area contributed by atoms with Gasteiger partial charge in [0, 0.05) is 12.8 Å². The maximum Gasteiger partial charge on any atom is 0.0276 e.